The van der Waals surface area contributed by atoms with Gasteiger partial charge in [-0.3, -0.25) is 9.69 Å². The minimum Gasteiger partial charge on any atom is -0.497 e. The highest BCUT2D eigenvalue weighted by Crippen LogP contribution is 2.19. The van der Waals surface area contributed by atoms with Crippen molar-refractivity contribution in [1.82, 2.24) is 25.9 Å². The summed E-state index contributed by atoms with van der Waals surface area (Å²) in [6, 6.07) is 18.3. The summed E-state index contributed by atoms with van der Waals surface area (Å²) in [6.45, 7) is 1.39. The largest absolute Gasteiger partial charge is 0.497 e. The maximum Gasteiger partial charge on any atom is 0.177 e. The molecule has 3 aromatic rings. The molecule has 2 heterocycles. The van der Waals surface area contributed by atoms with E-state index in [0.29, 0.717) is 6.54 Å². The second-order valence-corrected chi connectivity index (χ2v) is 7.11. The molecule has 0 spiro atoms. The van der Waals surface area contributed by atoms with Crippen LogP contribution in [0, 0.1) is 3.70 Å². The fourth-order valence-corrected chi connectivity index (χ4v) is 3.55. The molecule has 0 unspecified atom stereocenters. The normalized spacial score (nSPS) is 13.4. The summed E-state index contributed by atoms with van der Waals surface area (Å²) < 4.78 is 8.25. The lowest BCUT2D eigenvalue weighted by molar-refractivity contribution is 0.288. The highest BCUT2D eigenvalue weighted by atomic mass is 127. The van der Waals surface area contributed by atoms with Crippen molar-refractivity contribution in [2.75, 3.05) is 7.11 Å². The van der Waals surface area contributed by atoms with Crippen LogP contribution in [0.3, 0.4) is 0 Å². The van der Waals surface area contributed by atoms with Crippen LogP contribution in [0.5, 0.6) is 5.75 Å². The van der Waals surface area contributed by atoms with Crippen molar-refractivity contribution in [3.05, 3.63) is 81.2 Å². The number of hydrogen-bond donors (Lipinski definition) is 2. The van der Waals surface area contributed by atoms with Crippen LogP contribution in [0.25, 0.3) is 0 Å². The van der Waals surface area contributed by atoms with Crippen LogP contribution in [-0.4, -0.2) is 27.7 Å². The van der Waals surface area contributed by atoms with Crippen LogP contribution >= 0.6 is 22.6 Å². The number of hydrazine groups is 2. The van der Waals surface area contributed by atoms with Gasteiger partial charge in [0.15, 0.2) is 5.84 Å². The molecule has 2 N–H and O–H groups in total. The Kier molecular flexibility index (Phi) is 5.26. The summed E-state index contributed by atoms with van der Waals surface area (Å²) in [5.41, 5.74) is 9.27. The van der Waals surface area contributed by atoms with Crippen LogP contribution in [0.4, 0.5) is 0 Å². The first kappa shape index (κ1) is 17.8. The third-order valence-electron chi connectivity index (χ3n) is 4.29. The highest BCUT2D eigenvalue weighted by molar-refractivity contribution is 14.1. The van der Waals surface area contributed by atoms with Gasteiger partial charge >= 0.3 is 0 Å². The van der Waals surface area contributed by atoms with E-state index in [4.69, 9.17) is 4.74 Å². The fraction of sp³-hybridized carbons (Fsp3) is 0.158. The van der Waals surface area contributed by atoms with E-state index in [1.807, 2.05) is 58.4 Å². The number of hydrazone groups is 1. The highest BCUT2D eigenvalue weighted by Gasteiger charge is 2.23. The Hall–Kier alpha value is -2.59. The van der Waals surface area contributed by atoms with Gasteiger partial charge in [0.1, 0.15) is 9.45 Å². The van der Waals surface area contributed by atoms with Gasteiger partial charge in [-0.1, -0.05) is 42.5 Å². The number of amidine groups is 1. The summed E-state index contributed by atoms with van der Waals surface area (Å²) in [4.78, 5) is 0. The Morgan fingerprint density at radius 3 is 2.48 bits per heavy atom. The zero-order valence-electron chi connectivity index (χ0n) is 14.8. The van der Waals surface area contributed by atoms with Crippen molar-refractivity contribution in [2.45, 2.75) is 13.1 Å². The molecule has 0 bridgehead atoms. The lowest BCUT2D eigenvalue weighted by atomic mass is 10.2. The van der Waals surface area contributed by atoms with E-state index >= 15 is 0 Å². The van der Waals surface area contributed by atoms with Gasteiger partial charge in [0.05, 0.1) is 32.0 Å². The van der Waals surface area contributed by atoms with Crippen molar-refractivity contribution in [2.24, 2.45) is 5.10 Å². The number of halogens is 1. The molecule has 0 amide bonds. The minimum atomic E-state index is 0.662. The van der Waals surface area contributed by atoms with E-state index in [-0.39, 0.29) is 0 Å². The first-order valence-corrected chi connectivity index (χ1v) is 9.57. The van der Waals surface area contributed by atoms with Crippen LogP contribution in [0.15, 0.2) is 65.9 Å². The number of ether oxygens (including phenoxy) is 1. The molecule has 0 fully saturated rings. The van der Waals surface area contributed by atoms with E-state index in [2.05, 4.69) is 56.0 Å². The van der Waals surface area contributed by atoms with Crippen molar-refractivity contribution < 1.29 is 4.74 Å². The number of methoxy groups -OCH3 is 1. The van der Waals surface area contributed by atoms with Gasteiger partial charge in [-0.25, -0.2) is 5.53 Å². The Balaban J connectivity index is 1.51. The topological polar surface area (TPSA) is 66.7 Å². The number of aromatic nitrogens is 2. The zero-order chi connectivity index (χ0) is 18.6. The summed E-state index contributed by atoms with van der Waals surface area (Å²) in [5, 5.41) is 10.9. The van der Waals surface area contributed by atoms with E-state index in [0.717, 1.165) is 33.0 Å². The van der Waals surface area contributed by atoms with Gasteiger partial charge in [0.25, 0.3) is 0 Å². The van der Waals surface area contributed by atoms with Crippen molar-refractivity contribution in [1.29, 1.82) is 0 Å². The Labute approximate surface area is 171 Å². The molecule has 1 aliphatic rings. The maximum atomic E-state index is 5.22. The molecular weight excluding hydrogens is 455 g/mol. The monoisotopic (exact) mass is 474 g/mol. The third kappa shape index (κ3) is 3.91. The smallest absolute Gasteiger partial charge is 0.177 e. The number of rotatable bonds is 6. The molecule has 4 rings (SSSR count). The number of nitrogens with zero attached hydrogens (tertiary/aromatic N) is 4. The standard InChI is InChI=1S/C19H19IN6O/c1-27-16-9-7-15(8-10-16)13-26-19(22-23-24-26)17-11-21-25(18(17)20)12-14-5-3-2-4-6-14/h2-11,23-24H,12-13H2,1H3. The fourth-order valence-electron chi connectivity index (χ4n) is 2.87. The van der Waals surface area contributed by atoms with E-state index in [9.17, 15) is 0 Å². The predicted octanol–water partition coefficient (Wildman–Crippen LogP) is 2.73. The summed E-state index contributed by atoms with van der Waals surface area (Å²) in [7, 11) is 1.67. The van der Waals surface area contributed by atoms with Gasteiger partial charge in [-0.05, 0) is 45.9 Å². The van der Waals surface area contributed by atoms with Crippen LogP contribution in [0.1, 0.15) is 16.7 Å². The van der Waals surface area contributed by atoms with Crippen molar-refractivity contribution >= 4 is 28.4 Å². The molecule has 7 nitrogen and oxygen atoms in total. The van der Waals surface area contributed by atoms with Gasteiger partial charge in [0, 0.05) is 0 Å². The molecule has 0 atom stereocenters. The number of nitrogens with one attached hydrogen (secondary N) is 2. The first-order valence-electron chi connectivity index (χ1n) is 8.49. The van der Waals surface area contributed by atoms with Crippen LogP contribution in [0.2, 0.25) is 0 Å². The van der Waals surface area contributed by atoms with Crippen LogP contribution < -0.4 is 15.8 Å². The number of benzene rings is 2. The van der Waals surface area contributed by atoms with E-state index in [1.165, 1.54) is 5.56 Å². The molecule has 0 saturated heterocycles. The SMILES string of the molecule is COc1ccc(CN2NNN=C2c2cnn(Cc3ccccc3)c2I)cc1. The maximum absolute atomic E-state index is 5.22. The Morgan fingerprint density at radius 2 is 1.74 bits per heavy atom. The van der Waals surface area contributed by atoms with Crippen molar-refractivity contribution in [3.8, 4) is 5.75 Å². The minimum absolute atomic E-state index is 0.662. The molecule has 27 heavy (non-hydrogen) atoms. The molecule has 0 aliphatic carbocycles. The van der Waals surface area contributed by atoms with E-state index in [1.54, 1.807) is 7.11 Å². The molecule has 2 aromatic carbocycles. The van der Waals surface area contributed by atoms with Crippen LogP contribution in [-0.2, 0) is 13.1 Å². The van der Waals surface area contributed by atoms with Gasteiger partial charge in [-0.2, -0.15) is 5.10 Å². The third-order valence-corrected chi connectivity index (χ3v) is 5.43. The Morgan fingerprint density at radius 1 is 1.00 bits per heavy atom. The number of hydrogen-bond acceptors (Lipinski definition) is 6. The molecule has 8 heteroatoms. The first-order chi connectivity index (χ1) is 13.2. The average Bonchev–Trinajstić information content (AvgIpc) is 3.30. The predicted molar refractivity (Wildman–Crippen MR) is 112 cm³/mol. The lowest BCUT2D eigenvalue weighted by Crippen LogP contribution is -2.40. The van der Waals surface area contributed by atoms with Gasteiger partial charge < -0.3 is 4.74 Å². The molecule has 0 radical (unpaired) electrons. The van der Waals surface area contributed by atoms with Crippen molar-refractivity contribution in [3.63, 3.8) is 0 Å². The molecule has 1 aliphatic heterocycles. The molecule has 138 valence electrons. The molecular formula is C19H19IN6O. The van der Waals surface area contributed by atoms with Gasteiger partial charge in [-0.15, -0.1) is 10.6 Å². The zero-order valence-corrected chi connectivity index (χ0v) is 16.9. The lowest BCUT2D eigenvalue weighted by Gasteiger charge is -2.18. The Bertz CT molecular complexity index is 939. The second-order valence-electron chi connectivity index (χ2n) is 6.09. The second kappa shape index (κ2) is 7.97. The molecule has 1 aromatic heterocycles. The molecule has 0 saturated carbocycles. The summed E-state index contributed by atoms with van der Waals surface area (Å²) in [6.07, 6.45) is 1.86. The quantitative estimate of drug-likeness (QED) is 0.538. The van der Waals surface area contributed by atoms with E-state index < -0.39 is 0 Å². The summed E-state index contributed by atoms with van der Waals surface area (Å²) in [5.74, 6) is 1.66. The average molecular weight is 474 g/mol. The van der Waals surface area contributed by atoms with Gasteiger partial charge in [0.2, 0.25) is 0 Å². The summed E-state index contributed by atoms with van der Waals surface area (Å²) >= 11 is 2.32.